The molecule has 4 nitrogen and oxygen atoms in total. The van der Waals surface area contributed by atoms with Crippen molar-refractivity contribution in [2.75, 3.05) is 26.7 Å². The summed E-state index contributed by atoms with van der Waals surface area (Å²) in [5, 5.41) is 0. The molecule has 1 aliphatic rings. The molecule has 112 valence electrons. The zero-order valence-corrected chi connectivity index (χ0v) is 12.9. The maximum Gasteiger partial charge on any atom is 0.253 e. The van der Waals surface area contributed by atoms with E-state index in [0.29, 0.717) is 18.0 Å². The van der Waals surface area contributed by atoms with Crippen LogP contribution >= 0.6 is 12.4 Å². The number of piperidine rings is 1. The number of carbonyl (C=O) groups excluding carboxylic acids is 1. The van der Waals surface area contributed by atoms with Crippen LogP contribution in [0.4, 0.5) is 0 Å². The van der Waals surface area contributed by atoms with Crippen molar-refractivity contribution in [3.05, 3.63) is 29.3 Å². The number of rotatable bonds is 3. The number of likely N-dealkylation sites (tertiary alicyclic amines) is 1. The SMILES string of the molecule is COc1cc(C(=O)N2CCCC(CN)C2)ccc1C.Cl. The molecule has 1 unspecified atom stereocenters. The molecule has 0 saturated carbocycles. The number of methoxy groups -OCH3 is 1. The molecule has 1 aromatic carbocycles. The molecule has 1 saturated heterocycles. The summed E-state index contributed by atoms with van der Waals surface area (Å²) < 4.78 is 5.27. The Balaban J connectivity index is 0.00000200. The number of halogens is 1. The van der Waals surface area contributed by atoms with E-state index in [4.69, 9.17) is 10.5 Å². The van der Waals surface area contributed by atoms with Crippen molar-refractivity contribution in [1.29, 1.82) is 0 Å². The second kappa shape index (κ2) is 7.50. The fourth-order valence-corrected chi connectivity index (χ4v) is 2.58. The molecule has 0 radical (unpaired) electrons. The van der Waals surface area contributed by atoms with Gasteiger partial charge in [0, 0.05) is 18.7 Å². The summed E-state index contributed by atoms with van der Waals surface area (Å²) in [6.45, 7) is 4.22. The van der Waals surface area contributed by atoms with E-state index in [9.17, 15) is 4.79 Å². The Labute approximate surface area is 126 Å². The molecular formula is C15H23ClN2O2. The van der Waals surface area contributed by atoms with Gasteiger partial charge in [0.2, 0.25) is 0 Å². The van der Waals surface area contributed by atoms with Gasteiger partial charge in [-0.15, -0.1) is 12.4 Å². The molecule has 0 bridgehead atoms. The van der Waals surface area contributed by atoms with E-state index in [1.165, 1.54) is 0 Å². The lowest BCUT2D eigenvalue weighted by Gasteiger charge is -2.32. The van der Waals surface area contributed by atoms with Crippen molar-refractivity contribution in [2.24, 2.45) is 11.7 Å². The Morgan fingerprint density at radius 2 is 2.25 bits per heavy atom. The number of hydrogen-bond acceptors (Lipinski definition) is 3. The summed E-state index contributed by atoms with van der Waals surface area (Å²) in [7, 11) is 1.63. The quantitative estimate of drug-likeness (QED) is 0.931. The lowest BCUT2D eigenvalue weighted by atomic mass is 9.97. The van der Waals surface area contributed by atoms with Crippen LogP contribution in [0.25, 0.3) is 0 Å². The van der Waals surface area contributed by atoms with Crippen LogP contribution in [0.3, 0.4) is 0 Å². The van der Waals surface area contributed by atoms with E-state index < -0.39 is 0 Å². The Bertz CT molecular complexity index is 465. The molecule has 1 aliphatic heterocycles. The molecule has 1 heterocycles. The third-order valence-electron chi connectivity index (χ3n) is 3.79. The van der Waals surface area contributed by atoms with Crippen LogP contribution in [-0.2, 0) is 0 Å². The van der Waals surface area contributed by atoms with Gasteiger partial charge in [-0.25, -0.2) is 0 Å². The highest BCUT2D eigenvalue weighted by Crippen LogP contribution is 2.22. The van der Waals surface area contributed by atoms with Crippen LogP contribution in [0.5, 0.6) is 5.75 Å². The maximum absolute atomic E-state index is 12.5. The van der Waals surface area contributed by atoms with E-state index >= 15 is 0 Å². The van der Waals surface area contributed by atoms with Gasteiger partial charge in [0.25, 0.3) is 5.91 Å². The van der Waals surface area contributed by atoms with Crippen LogP contribution in [0.1, 0.15) is 28.8 Å². The molecule has 5 heteroatoms. The second-order valence-electron chi connectivity index (χ2n) is 5.18. The van der Waals surface area contributed by atoms with Crippen molar-refractivity contribution >= 4 is 18.3 Å². The normalized spacial score (nSPS) is 18.4. The molecule has 1 fully saturated rings. The van der Waals surface area contributed by atoms with Crippen molar-refractivity contribution < 1.29 is 9.53 Å². The average Bonchev–Trinajstić information content (AvgIpc) is 2.47. The Morgan fingerprint density at radius 3 is 2.90 bits per heavy atom. The first-order valence-corrected chi connectivity index (χ1v) is 6.79. The van der Waals surface area contributed by atoms with Crippen LogP contribution in [0.2, 0.25) is 0 Å². The number of ether oxygens (including phenoxy) is 1. The summed E-state index contributed by atoms with van der Waals surface area (Å²) in [6.07, 6.45) is 2.16. The van der Waals surface area contributed by atoms with Crippen LogP contribution < -0.4 is 10.5 Å². The minimum absolute atomic E-state index is 0. The third kappa shape index (κ3) is 3.64. The summed E-state index contributed by atoms with van der Waals surface area (Å²) in [6, 6.07) is 5.62. The Kier molecular flexibility index (Phi) is 6.30. The van der Waals surface area contributed by atoms with Gasteiger partial charge < -0.3 is 15.4 Å². The zero-order chi connectivity index (χ0) is 13.8. The second-order valence-corrected chi connectivity index (χ2v) is 5.18. The first-order valence-electron chi connectivity index (χ1n) is 6.79. The van der Waals surface area contributed by atoms with Crippen molar-refractivity contribution in [3.8, 4) is 5.75 Å². The standard InChI is InChI=1S/C15H22N2O2.ClH/c1-11-5-6-13(8-14(11)19-2)15(18)17-7-3-4-12(9-16)10-17;/h5-6,8,12H,3-4,7,9-10,16H2,1-2H3;1H. The summed E-state index contributed by atoms with van der Waals surface area (Å²) >= 11 is 0. The highest BCUT2D eigenvalue weighted by Gasteiger charge is 2.23. The molecule has 20 heavy (non-hydrogen) atoms. The van der Waals surface area contributed by atoms with Gasteiger partial charge in [0.1, 0.15) is 5.75 Å². The number of nitrogens with zero attached hydrogens (tertiary/aromatic N) is 1. The summed E-state index contributed by atoms with van der Waals surface area (Å²) in [5.74, 6) is 1.28. The van der Waals surface area contributed by atoms with Crippen molar-refractivity contribution in [1.82, 2.24) is 4.90 Å². The number of benzene rings is 1. The number of aryl methyl sites for hydroxylation is 1. The third-order valence-corrected chi connectivity index (χ3v) is 3.79. The Hall–Kier alpha value is -1.26. The smallest absolute Gasteiger partial charge is 0.253 e. The molecule has 2 N–H and O–H groups in total. The summed E-state index contributed by atoms with van der Waals surface area (Å²) in [4.78, 5) is 14.4. The van der Waals surface area contributed by atoms with Gasteiger partial charge >= 0.3 is 0 Å². The lowest BCUT2D eigenvalue weighted by molar-refractivity contribution is 0.0678. The number of nitrogens with two attached hydrogens (primary N) is 1. The molecule has 1 atom stereocenters. The average molecular weight is 299 g/mol. The van der Waals surface area contributed by atoms with Crippen LogP contribution in [0, 0.1) is 12.8 Å². The minimum atomic E-state index is 0. The van der Waals surface area contributed by atoms with Gasteiger partial charge in [-0.3, -0.25) is 4.79 Å². The van der Waals surface area contributed by atoms with Crippen molar-refractivity contribution in [3.63, 3.8) is 0 Å². The molecule has 0 aliphatic carbocycles. The molecule has 1 amide bonds. The zero-order valence-electron chi connectivity index (χ0n) is 12.1. The number of amides is 1. The number of hydrogen-bond donors (Lipinski definition) is 1. The topological polar surface area (TPSA) is 55.6 Å². The van der Waals surface area contributed by atoms with Crippen LogP contribution in [0.15, 0.2) is 18.2 Å². The minimum Gasteiger partial charge on any atom is -0.496 e. The highest BCUT2D eigenvalue weighted by atomic mass is 35.5. The monoisotopic (exact) mass is 298 g/mol. The number of carbonyl (C=O) groups is 1. The van der Waals surface area contributed by atoms with E-state index in [1.807, 2.05) is 30.0 Å². The molecule has 2 rings (SSSR count). The van der Waals surface area contributed by atoms with E-state index in [1.54, 1.807) is 7.11 Å². The molecule has 1 aromatic rings. The largest absolute Gasteiger partial charge is 0.496 e. The molecule has 0 aromatic heterocycles. The van der Waals surface area contributed by atoms with Crippen molar-refractivity contribution in [2.45, 2.75) is 19.8 Å². The lowest BCUT2D eigenvalue weighted by Crippen LogP contribution is -2.42. The van der Waals surface area contributed by atoms with Gasteiger partial charge in [0.05, 0.1) is 7.11 Å². The maximum atomic E-state index is 12.5. The molecule has 0 spiro atoms. The first-order chi connectivity index (χ1) is 9.15. The highest BCUT2D eigenvalue weighted by molar-refractivity contribution is 5.94. The van der Waals surface area contributed by atoms with Crippen LogP contribution in [-0.4, -0.2) is 37.6 Å². The predicted octanol–water partition coefficient (Wildman–Crippen LogP) is 2.24. The van der Waals surface area contributed by atoms with Gasteiger partial charge in [0.15, 0.2) is 0 Å². The fraction of sp³-hybridized carbons (Fsp3) is 0.533. The first kappa shape index (κ1) is 16.8. The van der Waals surface area contributed by atoms with E-state index in [2.05, 4.69) is 0 Å². The van der Waals surface area contributed by atoms with Gasteiger partial charge in [-0.1, -0.05) is 6.07 Å². The summed E-state index contributed by atoms with van der Waals surface area (Å²) in [5.41, 5.74) is 7.45. The van der Waals surface area contributed by atoms with Gasteiger partial charge in [-0.05, 0) is 49.9 Å². The Morgan fingerprint density at radius 1 is 1.50 bits per heavy atom. The van der Waals surface area contributed by atoms with Gasteiger partial charge in [-0.2, -0.15) is 0 Å². The predicted molar refractivity (Wildman–Crippen MR) is 82.7 cm³/mol. The van der Waals surface area contributed by atoms with E-state index in [0.717, 1.165) is 37.2 Å². The molecular weight excluding hydrogens is 276 g/mol. The van der Waals surface area contributed by atoms with E-state index in [-0.39, 0.29) is 18.3 Å². The fourth-order valence-electron chi connectivity index (χ4n) is 2.58.